The lowest BCUT2D eigenvalue weighted by Gasteiger charge is -2.27. The molecule has 0 aliphatic heterocycles. The Morgan fingerprint density at radius 2 is 1.91 bits per heavy atom. The summed E-state index contributed by atoms with van der Waals surface area (Å²) in [6.45, 7) is 1.69. The first kappa shape index (κ1) is 8.45. The summed E-state index contributed by atoms with van der Waals surface area (Å²) < 4.78 is 18.6. The van der Waals surface area contributed by atoms with Crippen LogP contribution in [0.1, 0.15) is 6.92 Å². The molecule has 0 atom stereocenters. The van der Waals surface area contributed by atoms with Crippen LogP contribution < -0.4 is 0 Å². The molecule has 1 rings (SSSR count). The van der Waals surface area contributed by atoms with Crippen molar-refractivity contribution in [1.29, 1.82) is 0 Å². The maximum Gasteiger partial charge on any atom is 0.241 e. The predicted octanol–water partition coefficient (Wildman–Crippen LogP) is 1.61. The van der Waals surface area contributed by atoms with Crippen molar-refractivity contribution in [3.05, 3.63) is 18.5 Å². The van der Waals surface area contributed by atoms with Crippen LogP contribution in [0.4, 0.5) is 0 Å². The van der Waals surface area contributed by atoms with Crippen molar-refractivity contribution < 1.29 is 9.11 Å². The van der Waals surface area contributed by atoms with Crippen LogP contribution in [0.5, 0.6) is 0 Å². The molecule has 0 fully saturated rings. The standard InChI is InChI=1S/C6H10N2O2S/c1-2-11(9,10)6-7-4-3-5-8-6/h3-5,9-10H,2H2,1H3. The van der Waals surface area contributed by atoms with Crippen LogP contribution >= 0.6 is 10.6 Å². The van der Waals surface area contributed by atoms with Gasteiger partial charge in [0.25, 0.3) is 0 Å². The monoisotopic (exact) mass is 174 g/mol. The van der Waals surface area contributed by atoms with Gasteiger partial charge in [-0.1, -0.05) is 0 Å². The van der Waals surface area contributed by atoms with E-state index >= 15 is 0 Å². The summed E-state index contributed by atoms with van der Waals surface area (Å²) in [7, 11) is -2.72. The minimum absolute atomic E-state index is 0.127. The van der Waals surface area contributed by atoms with Crippen LogP contribution in [-0.2, 0) is 0 Å². The zero-order valence-electron chi connectivity index (χ0n) is 6.14. The molecule has 4 nitrogen and oxygen atoms in total. The first-order valence-electron chi connectivity index (χ1n) is 3.20. The predicted molar refractivity (Wildman–Crippen MR) is 43.7 cm³/mol. The van der Waals surface area contributed by atoms with E-state index in [1.54, 1.807) is 13.0 Å². The molecule has 0 aliphatic carbocycles. The van der Waals surface area contributed by atoms with Gasteiger partial charge in [0.05, 0.1) is 0 Å². The molecule has 0 aromatic carbocycles. The SMILES string of the molecule is CCS(O)(O)c1ncccn1. The van der Waals surface area contributed by atoms with Crippen LogP contribution in [0.25, 0.3) is 0 Å². The Labute approximate surface area is 66.7 Å². The third-order valence-corrected chi connectivity index (χ3v) is 2.84. The van der Waals surface area contributed by atoms with Gasteiger partial charge < -0.3 is 0 Å². The number of hydrogen-bond donors (Lipinski definition) is 2. The third kappa shape index (κ3) is 1.89. The molecule has 0 bridgehead atoms. The van der Waals surface area contributed by atoms with Gasteiger partial charge in [0, 0.05) is 18.1 Å². The molecule has 5 heteroatoms. The van der Waals surface area contributed by atoms with E-state index < -0.39 is 10.6 Å². The second kappa shape index (κ2) is 3.17. The highest BCUT2D eigenvalue weighted by Gasteiger charge is 2.14. The van der Waals surface area contributed by atoms with E-state index in [1.807, 2.05) is 0 Å². The first-order chi connectivity index (χ1) is 5.17. The summed E-state index contributed by atoms with van der Waals surface area (Å²) in [5.41, 5.74) is 0. The average Bonchev–Trinajstić information content (AvgIpc) is 2.06. The molecule has 1 heterocycles. The molecular weight excluding hydrogens is 164 g/mol. The van der Waals surface area contributed by atoms with Gasteiger partial charge in [0.2, 0.25) is 5.16 Å². The highest BCUT2D eigenvalue weighted by molar-refractivity contribution is 8.24. The molecule has 0 spiro atoms. The molecule has 11 heavy (non-hydrogen) atoms. The molecule has 1 aromatic heterocycles. The van der Waals surface area contributed by atoms with Crippen molar-refractivity contribution in [2.24, 2.45) is 0 Å². The second-order valence-electron chi connectivity index (χ2n) is 1.99. The smallest absolute Gasteiger partial charge is 0.241 e. The van der Waals surface area contributed by atoms with E-state index in [1.165, 1.54) is 12.4 Å². The van der Waals surface area contributed by atoms with E-state index in [2.05, 4.69) is 9.97 Å². The summed E-state index contributed by atoms with van der Waals surface area (Å²) in [6, 6.07) is 1.63. The van der Waals surface area contributed by atoms with Crippen molar-refractivity contribution >= 4 is 10.6 Å². The Morgan fingerprint density at radius 1 is 1.36 bits per heavy atom. The quantitative estimate of drug-likeness (QED) is 0.668. The van der Waals surface area contributed by atoms with E-state index in [4.69, 9.17) is 0 Å². The number of nitrogens with zero attached hydrogens (tertiary/aromatic N) is 2. The zero-order chi connectivity index (χ0) is 8.32. The molecule has 1 aromatic rings. The van der Waals surface area contributed by atoms with Crippen molar-refractivity contribution in [2.45, 2.75) is 12.1 Å². The topological polar surface area (TPSA) is 66.2 Å². The largest absolute Gasteiger partial charge is 0.292 e. The normalized spacial score (nSPS) is 13.0. The lowest BCUT2D eigenvalue weighted by atomic mass is 10.7. The lowest BCUT2D eigenvalue weighted by molar-refractivity contribution is 0.478. The van der Waals surface area contributed by atoms with Gasteiger partial charge >= 0.3 is 0 Å². The Balaban J connectivity index is 2.93. The molecular formula is C6H10N2O2S. The Hall–Kier alpha value is -0.650. The lowest BCUT2D eigenvalue weighted by Crippen LogP contribution is -2.04. The van der Waals surface area contributed by atoms with Crippen molar-refractivity contribution in [3.8, 4) is 0 Å². The van der Waals surface area contributed by atoms with Gasteiger partial charge in [-0.05, 0) is 13.0 Å². The third-order valence-electron chi connectivity index (χ3n) is 1.24. The number of aromatic nitrogens is 2. The van der Waals surface area contributed by atoms with Crippen molar-refractivity contribution in [3.63, 3.8) is 0 Å². The van der Waals surface area contributed by atoms with Gasteiger partial charge in [-0.15, -0.1) is 10.6 Å². The van der Waals surface area contributed by atoms with E-state index in [9.17, 15) is 9.11 Å². The van der Waals surface area contributed by atoms with Crippen LogP contribution in [-0.4, -0.2) is 24.8 Å². The van der Waals surface area contributed by atoms with Crippen LogP contribution in [0.2, 0.25) is 0 Å². The molecule has 0 aliphatic rings. The van der Waals surface area contributed by atoms with E-state index in [0.717, 1.165) is 0 Å². The van der Waals surface area contributed by atoms with Crippen LogP contribution in [0.15, 0.2) is 23.6 Å². The van der Waals surface area contributed by atoms with Gasteiger partial charge in [-0.25, -0.2) is 9.97 Å². The summed E-state index contributed by atoms with van der Waals surface area (Å²) in [5.74, 6) is 0.261. The fourth-order valence-corrected chi connectivity index (χ4v) is 1.30. The Bertz CT molecular complexity index is 227. The second-order valence-corrected chi connectivity index (χ2v) is 4.26. The molecule has 62 valence electrons. The van der Waals surface area contributed by atoms with Crippen LogP contribution in [0.3, 0.4) is 0 Å². The Morgan fingerprint density at radius 3 is 2.36 bits per heavy atom. The first-order valence-corrected chi connectivity index (χ1v) is 4.91. The summed E-state index contributed by atoms with van der Waals surface area (Å²) in [6.07, 6.45) is 2.98. The van der Waals surface area contributed by atoms with Crippen molar-refractivity contribution in [1.82, 2.24) is 9.97 Å². The Kier molecular flexibility index (Phi) is 2.43. The summed E-state index contributed by atoms with van der Waals surface area (Å²) in [4.78, 5) is 7.49. The van der Waals surface area contributed by atoms with E-state index in [0.29, 0.717) is 0 Å². The molecule has 0 amide bonds. The fraction of sp³-hybridized carbons (Fsp3) is 0.333. The number of rotatable bonds is 2. The highest BCUT2D eigenvalue weighted by Crippen LogP contribution is 2.44. The highest BCUT2D eigenvalue weighted by atomic mass is 32.3. The van der Waals surface area contributed by atoms with E-state index in [-0.39, 0.29) is 10.9 Å². The minimum Gasteiger partial charge on any atom is -0.292 e. The molecule has 0 unspecified atom stereocenters. The summed E-state index contributed by atoms with van der Waals surface area (Å²) in [5, 5.41) is 0.127. The van der Waals surface area contributed by atoms with Crippen LogP contribution in [0, 0.1) is 0 Å². The zero-order valence-corrected chi connectivity index (χ0v) is 6.95. The van der Waals surface area contributed by atoms with Gasteiger partial charge in [0.15, 0.2) is 0 Å². The fourth-order valence-electron chi connectivity index (χ4n) is 0.583. The number of hydrogen-bond acceptors (Lipinski definition) is 4. The minimum atomic E-state index is -2.72. The molecule has 2 N–H and O–H groups in total. The van der Waals surface area contributed by atoms with Gasteiger partial charge in [-0.2, -0.15) is 0 Å². The molecule has 0 radical (unpaired) electrons. The maximum atomic E-state index is 9.31. The van der Waals surface area contributed by atoms with Gasteiger partial charge in [0.1, 0.15) is 0 Å². The molecule has 0 saturated heterocycles. The van der Waals surface area contributed by atoms with Crippen molar-refractivity contribution in [2.75, 3.05) is 5.75 Å². The average molecular weight is 174 g/mol. The van der Waals surface area contributed by atoms with Gasteiger partial charge in [-0.3, -0.25) is 9.11 Å². The summed E-state index contributed by atoms with van der Waals surface area (Å²) >= 11 is 0. The molecule has 0 saturated carbocycles. The maximum absolute atomic E-state index is 9.31.